The van der Waals surface area contributed by atoms with E-state index in [1.54, 1.807) is 0 Å². The third-order valence-electron chi connectivity index (χ3n) is 3.50. The van der Waals surface area contributed by atoms with E-state index in [9.17, 15) is 0 Å². The van der Waals surface area contributed by atoms with Crippen molar-refractivity contribution < 1.29 is 0 Å². The van der Waals surface area contributed by atoms with E-state index in [1.165, 1.54) is 19.4 Å². The van der Waals surface area contributed by atoms with Gasteiger partial charge in [0.05, 0.1) is 0 Å². The van der Waals surface area contributed by atoms with Crippen molar-refractivity contribution in [2.75, 3.05) is 31.6 Å². The van der Waals surface area contributed by atoms with E-state index in [-0.39, 0.29) is 0 Å². The van der Waals surface area contributed by atoms with Crippen molar-refractivity contribution in [2.45, 2.75) is 32.7 Å². The van der Waals surface area contributed by atoms with Gasteiger partial charge in [-0.3, -0.25) is 4.90 Å². The summed E-state index contributed by atoms with van der Waals surface area (Å²) in [5, 5.41) is 0. The first kappa shape index (κ1) is 12.3. The summed E-state index contributed by atoms with van der Waals surface area (Å²) < 4.78 is 0. The minimum absolute atomic E-state index is 0.662. The van der Waals surface area contributed by atoms with E-state index in [4.69, 9.17) is 0 Å². The Bertz CT molecular complexity index is 349. The average Bonchev–Trinajstić information content (AvgIpc) is 2.77. The van der Waals surface area contributed by atoms with Crippen molar-refractivity contribution in [3.05, 3.63) is 18.0 Å². The standard InChI is InChI=1S/C13H22N4/c1-4-17-7-5-6-12(17)10-16(3)13-14-8-11(2)9-15-13/h8-9,12H,4-7,10H2,1-3H3. The second kappa shape index (κ2) is 5.45. The summed E-state index contributed by atoms with van der Waals surface area (Å²) in [6, 6.07) is 0.662. The van der Waals surface area contributed by atoms with Crippen LogP contribution in [0.1, 0.15) is 25.3 Å². The van der Waals surface area contributed by atoms with Gasteiger partial charge in [-0.1, -0.05) is 6.92 Å². The Hall–Kier alpha value is -1.16. The molecule has 1 aliphatic heterocycles. The van der Waals surface area contributed by atoms with Crippen molar-refractivity contribution in [2.24, 2.45) is 0 Å². The first-order chi connectivity index (χ1) is 8.20. The van der Waals surface area contributed by atoms with Gasteiger partial charge >= 0.3 is 0 Å². The monoisotopic (exact) mass is 234 g/mol. The first-order valence-corrected chi connectivity index (χ1v) is 6.44. The molecule has 1 fully saturated rings. The van der Waals surface area contributed by atoms with Crippen LogP contribution in [0.25, 0.3) is 0 Å². The molecule has 4 heteroatoms. The van der Waals surface area contributed by atoms with Crippen molar-refractivity contribution in [1.29, 1.82) is 0 Å². The Balaban J connectivity index is 1.96. The minimum Gasteiger partial charge on any atom is -0.342 e. The third kappa shape index (κ3) is 2.94. The van der Waals surface area contributed by atoms with Crippen LogP contribution in [0.2, 0.25) is 0 Å². The summed E-state index contributed by atoms with van der Waals surface area (Å²) in [5.74, 6) is 0.832. The van der Waals surface area contributed by atoms with E-state index in [0.29, 0.717) is 6.04 Å². The number of aromatic nitrogens is 2. The third-order valence-corrected chi connectivity index (χ3v) is 3.50. The van der Waals surface area contributed by atoms with Gasteiger partial charge in [-0.05, 0) is 38.4 Å². The number of hydrogen-bond acceptors (Lipinski definition) is 4. The molecule has 1 unspecified atom stereocenters. The Labute approximate surface area is 104 Å². The normalized spacial score (nSPS) is 20.8. The molecule has 4 nitrogen and oxygen atoms in total. The van der Waals surface area contributed by atoms with Crippen LogP contribution < -0.4 is 4.90 Å². The van der Waals surface area contributed by atoms with E-state index < -0.39 is 0 Å². The number of hydrogen-bond donors (Lipinski definition) is 0. The van der Waals surface area contributed by atoms with Crippen molar-refractivity contribution in [1.82, 2.24) is 14.9 Å². The summed E-state index contributed by atoms with van der Waals surface area (Å²) in [5.41, 5.74) is 1.11. The highest BCUT2D eigenvalue weighted by Crippen LogP contribution is 2.18. The zero-order valence-corrected chi connectivity index (χ0v) is 11.1. The highest BCUT2D eigenvalue weighted by molar-refractivity contribution is 5.28. The SMILES string of the molecule is CCN1CCCC1CN(C)c1ncc(C)cn1. The van der Waals surface area contributed by atoms with E-state index in [2.05, 4.69) is 33.7 Å². The lowest BCUT2D eigenvalue weighted by molar-refractivity contribution is 0.270. The molecule has 0 radical (unpaired) electrons. The van der Waals surface area contributed by atoms with Crippen LogP contribution in [0.15, 0.2) is 12.4 Å². The van der Waals surface area contributed by atoms with E-state index >= 15 is 0 Å². The van der Waals surface area contributed by atoms with Gasteiger partial charge in [-0.2, -0.15) is 0 Å². The molecule has 0 N–H and O–H groups in total. The van der Waals surface area contributed by atoms with E-state index in [0.717, 1.165) is 24.6 Å². The fourth-order valence-electron chi connectivity index (χ4n) is 2.50. The maximum Gasteiger partial charge on any atom is 0.225 e. The molecule has 0 aromatic carbocycles. The van der Waals surface area contributed by atoms with Crippen LogP contribution in [0, 0.1) is 6.92 Å². The number of nitrogens with zero attached hydrogens (tertiary/aromatic N) is 4. The maximum absolute atomic E-state index is 4.37. The molecular formula is C13H22N4. The molecule has 0 aliphatic carbocycles. The first-order valence-electron chi connectivity index (χ1n) is 6.44. The number of aryl methyl sites for hydroxylation is 1. The Morgan fingerprint density at radius 2 is 2.12 bits per heavy atom. The average molecular weight is 234 g/mol. The molecule has 2 heterocycles. The lowest BCUT2D eigenvalue weighted by Gasteiger charge is -2.27. The quantitative estimate of drug-likeness (QED) is 0.794. The van der Waals surface area contributed by atoms with Crippen LogP contribution in [0.3, 0.4) is 0 Å². The summed E-state index contributed by atoms with van der Waals surface area (Å²) in [7, 11) is 2.08. The fourth-order valence-corrected chi connectivity index (χ4v) is 2.50. The summed E-state index contributed by atoms with van der Waals surface area (Å²) >= 11 is 0. The molecule has 94 valence electrons. The van der Waals surface area contributed by atoms with Crippen LogP contribution in [-0.2, 0) is 0 Å². The lowest BCUT2D eigenvalue weighted by Crippen LogP contribution is -2.39. The molecule has 0 bridgehead atoms. The summed E-state index contributed by atoms with van der Waals surface area (Å²) in [4.78, 5) is 13.4. The highest BCUT2D eigenvalue weighted by atomic mass is 15.3. The highest BCUT2D eigenvalue weighted by Gasteiger charge is 2.24. The molecule has 1 saturated heterocycles. The van der Waals surface area contributed by atoms with Gasteiger partial charge in [0.15, 0.2) is 0 Å². The van der Waals surface area contributed by atoms with Crippen LogP contribution >= 0.6 is 0 Å². The Kier molecular flexibility index (Phi) is 3.94. The largest absolute Gasteiger partial charge is 0.342 e. The number of rotatable bonds is 4. The van der Waals surface area contributed by atoms with Gasteiger partial charge < -0.3 is 4.90 Å². The van der Waals surface area contributed by atoms with Crippen LogP contribution in [-0.4, -0.2) is 47.6 Å². The summed E-state index contributed by atoms with van der Waals surface area (Å²) in [6.07, 6.45) is 6.38. The minimum atomic E-state index is 0.662. The Morgan fingerprint density at radius 1 is 1.41 bits per heavy atom. The molecule has 2 rings (SSSR count). The van der Waals surface area contributed by atoms with Crippen LogP contribution in [0.5, 0.6) is 0 Å². The van der Waals surface area contributed by atoms with Gasteiger partial charge in [0.1, 0.15) is 0 Å². The van der Waals surface area contributed by atoms with Gasteiger partial charge in [-0.25, -0.2) is 9.97 Å². The van der Waals surface area contributed by atoms with Crippen LogP contribution in [0.4, 0.5) is 5.95 Å². The van der Waals surface area contributed by atoms with Crippen molar-refractivity contribution in [3.63, 3.8) is 0 Å². The smallest absolute Gasteiger partial charge is 0.225 e. The molecule has 0 amide bonds. The molecule has 0 saturated carbocycles. The molecule has 1 atom stereocenters. The zero-order valence-electron chi connectivity index (χ0n) is 11.1. The molecule has 17 heavy (non-hydrogen) atoms. The molecule has 1 aromatic rings. The van der Waals surface area contributed by atoms with Crippen molar-refractivity contribution >= 4 is 5.95 Å². The number of likely N-dealkylation sites (N-methyl/N-ethyl adjacent to an activating group) is 2. The topological polar surface area (TPSA) is 32.3 Å². The number of anilines is 1. The number of likely N-dealkylation sites (tertiary alicyclic amines) is 1. The predicted octanol–water partition coefficient (Wildman–Crippen LogP) is 1.71. The summed E-state index contributed by atoms with van der Waals surface area (Å²) in [6.45, 7) is 7.66. The predicted molar refractivity (Wildman–Crippen MR) is 70.3 cm³/mol. The van der Waals surface area contributed by atoms with Gasteiger partial charge in [0, 0.05) is 32.0 Å². The molecule has 1 aromatic heterocycles. The molecular weight excluding hydrogens is 212 g/mol. The second-order valence-corrected chi connectivity index (χ2v) is 4.87. The van der Waals surface area contributed by atoms with Gasteiger partial charge in [-0.15, -0.1) is 0 Å². The zero-order chi connectivity index (χ0) is 12.3. The van der Waals surface area contributed by atoms with E-state index in [1.807, 2.05) is 19.3 Å². The van der Waals surface area contributed by atoms with Gasteiger partial charge in [0.2, 0.25) is 5.95 Å². The fraction of sp³-hybridized carbons (Fsp3) is 0.692. The maximum atomic E-state index is 4.37. The molecule has 0 spiro atoms. The second-order valence-electron chi connectivity index (χ2n) is 4.87. The lowest BCUT2D eigenvalue weighted by atomic mass is 10.2. The molecule has 1 aliphatic rings. The van der Waals surface area contributed by atoms with Gasteiger partial charge in [0.25, 0.3) is 0 Å². The Morgan fingerprint density at radius 3 is 2.76 bits per heavy atom. The van der Waals surface area contributed by atoms with Crippen molar-refractivity contribution in [3.8, 4) is 0 Å².